The minimum atomic E-state index is 0.605. The summed E-state index contributed by atoms with van der Waals surface area (Å²) < 4.78 is 0. The van der Waals surface area contributed by atoms with E-state index in [-0.39, 0.29) is 0 Å². The van der Waals surface area contributed by atoms with E-state index >= 15 is 0 Å². The predicted molar refractivity (Wildman–Crippen MR) is 65.5 cm³/mol. The molecule has 1 N–H and O–H groups in total. The summed E-state index contributed by atoms with van der Waals surface area (Å²) in [6, 6.07) is 6.92. The van der Waals surface area contributed by atoms with Gasteiger partial charge in [0.15, 0.2) is 0 Å². The summed E-state index contributed by atoms with van der Waals surface area (Å²) in [6.07, 6.45) is 3.64. The fourth-order valence-electron chi connectivity index (χ4n) is 2.41. The third-order valence-corrected chi connectivity index (χ3v) is 3.83. The Bertz CT molecular complexity index is 348. The van der Waals surface area contributed by atoms with Crippen LogP contribution >= 0.6 is 11.6 Å². The van der Waals surface area contributed by atoms with E-state index in [1.807, 2.05) is 13.1 Å². The van der Waals surface area contributed by atoms with Crippen molar-refractivity contribution in [3.63, 3.8) is 0 Å². The van der Waals surface area contributed by atoms with Crippen LogP contribution in [0, 0.1) is 5.92 Å². The topological polar surface area (TPSA) is 12.0 Å². The van der Waals surface area contributed by atoms with Gasteiger partial charge in [-0.05, 0) is 62.4 Å². The molecule has 0 fully saturated rings. The molecule has 0 aliphatic heterocycles. The molecule has 2 atom stereocenters. The lowest BCUT2D eigenvalue weighted by atomic mass is 9.80. The van der Waals surface area contributed by atoms with Gasteiger partial charge < -0.3 is 5.32 Å². The van der Waals surface area contributed by atoms with Crippen LogP contribution in [0.15, 0.2) is 18.2 Å². The molecule has 1 nitrogen and oxygen atoms in total. The summed E-state index contributed by atoms with van der Waals surface area (Å²) in [5.41, 5.74) is 2.93. The van der Waals surface area contributed by atoms with Gasteiger partial charge in [0.1, 0.15) is 0 Å². The van der Waals surface area contributed by atoms with Crippen LogP contribution in [0.5, 0.6) is 0 Å². The second-order valence-electron chi connectivity index (χ2n) is 4.49. The summed E-state index contributed by atoms with van der Waals surface area (Å²) in [5, 5.41) is 4.22. The lowest BCUT2D eigenvalue weighted by molar-refractivity contribution is 0.354. The average Bonchev–Trinajstić information content (AvgIpc) is 2.27. The van der Waals surface area contributed by atoms with Gasteiger partial charge in [-0.2, -0.15) is 0 Å². The SMILES string of the molecule is CNC(C)C1CCc2cc(Cl)ccc2C1. The van der Waals surface area contributed by atoms with Crippen LogP contribution in [0.3, 0.4) is 0 Å². The van der Waals surface area contributed by atoms with Gasteiger partial charge in [0.25, 0.3) is 0 Å². The quantitative estimate of drug-likeness (QED) is 0.813. The Hall–Kier alpha value is -0.530. The Morgan fingerprint density at radius 3 is 2.93 bits per heavy atom. The lowest BCUT2D eigenvalue weighted by Crippen LogP contribution is -2.34. The molecule has 1 aromatic carbocycles. The minimum Gasteiger partial charge on any atom is -0.317 e. The number of hydrogen-bond acceptors (Lipinski definition) is 1. The fraction of sp³-hybridized carbons (Fsp3) is 0.538. The number of halogens is 1. The molecule has 82 valence electrons. The maximum atomic E-state index is 5.99. The molecule has 0 bridgehead atoms. The first kappa shape index (κ1) is 11.0. The minimum absolute atomic E-state index is 0.605. The van der Waals surface area contributed by atoms with Crippen molar-refractivity contribution in [3.8, 4) is 0 Å². The van der Waals surface area contributed by atoms with Crippen LogP contribution in [0.4, 0.5) is 0 Å². The van der Waals surface area contributed by atoms with Crippen LogP contribution in [-0.2, 0) is 12.8 Å². The molecule has 0 amide bonds. The van der Waals surface area contributed by atoms with Crippen molar-refractivity contribution < 1.29 is 0 Å². The molecular formula is C13H18ClN. The Balaban J connectivity index is 2.16. The van der Waals surface area contributed by atoms with Gasteiger partial charge in [-0.1, -0.05) is 17.7 Å². The van der Waals surface area contributed by atoms with E-state index in [0.717, 1.165) is 10.9 Å². The zero-order chi connectivity index (χ0) is 10.8. The third-order valence-electron chi connectivity index (χ3n) is 3.60. The van der Waals surface area contributed by atoms with Crippen LogP contribution in [0.1, 0.15) is 24.5 Å². The van der Waals surface area contributed by atoms with E-state index in [4.69, 9.17) is 11.6 Å². The molecule has 0 radical (unpaired) electrons. The lowest BCUT2D eigenvalue weighted by Gasteiger charge is -2.29. The van der Waals surface area contributed by atoms with Gasteiger partial charge in [0.05, 0.1) is 0 Å². The number of nitrogens with one attached hydrogen (secondary N) is 1. The summed E-state index contributed by atoms with van der Waals surface area (Å²) in [6.45, 7) is 2.27. The molecule has 1 aliphatic rings. The highest BCUT2D eigenvalue weighted by molar-refractivity contribution is 6.30. The van der Waals surface area contributed by atoms with Crippen LogP contribution in [-0.4, -0.2) is 13.1 Å². The second kappa shape index (κ2) is 4.54. The van der Waals surface area contributed by atoms with E-state index in [2.05, 4.69) is 24.4 Å². The average molecular weight is 224 g/mol. The van der Waals surface area contributed by atoms with Crippen LogP contribution in [0.25, 0.3) is 0 Å². The first-order valence-electron chi connectivity index (χ1n) is 5.65. The maximum absolute atomic E-state index is 5.99. The number of hydrogen-bond donors (Lipinski definition) is 1. The number of benzene rings is 1. The zero-order valence-electron chi connectivity index (χ0n) is 9.39. The van der Waals surface area contributed by atoms with Crippen molar-refractivity contribution in [2.24, 2.45) is 5.92 Å². The summed E-state index contributed by atoms with van der Waals surface area (Å²) in [5.74, 6) is 0.767. The molecule has 0 aromatic heterocycles. The summed E-state index contributed by atoms with van der Waals surface area (Å²) >= 11 is 5.99. The van der Waals surface area contributed by atoms with Crippen molar-refractivity contribution in [2.45, 2.75) is 32.2 Å². The first-order chi connectivity index (χ1) is 7.20. The van der Waals surface area contributed by atoms with Gasteiger partial charge in [-0.3, -0.25) is 0 Å². The Labute approximate surface area is 96.8 Å². The standard InChI is InChI=1S/C13H18ClN/c1-9(15-2)10-3-4-12-8-13(14)6-5-11(12)7-10/h5-6,8-10,15H,3-4,7H2,1-2H3. The predicted octanol–water partition coefficient (Wildman–Crippen LogP) is 3.05. The van der Waals surface area contributed by atoms with E-state index < -0.39 is 0 Å². The molecule has 1 aromatic rings. The number of rotatable bonds is 2. The Kier molecular flexibility index (Phi) is 3.32. The Morgan fingerprint density at radius 1 is 1.40 bits per heavy atom. The highest BCUT2D eigenvalue weighted by Crippen LogP contribution is 2.29. The van der Waals surface area contributed by atoms with Crippen molar-refractivity contribution in [2.75, 3.05) is 7.05 Å². The van der Waals surface area contributed by atoms with Crippen molar-refractivity contribution in [1.29, 1.82) is 0 Å². The van der Waals surface area contributed by atoms with E-state index in [1.165, 1.54) is 30.4 Å². The first-order valence-corrected chi connectivity index (χ1v) is 6.03. The molecule has 2 unspecified atom stereocenters. The van der Waals surface area contributed by atoms with E-state index in [1.54, 1.807) is 0 Å². The van der Waals surface area contributed by atoms with E-state index in [9.17, 15) is 0 Å². The largest absolute Gasteiger partial charge is 0.317 e. The molecule has 0 spiro atoms. The van der Waals surface area contributed by atoms with Gasteiger partial charge in [-0.15, -0.1) is 0 Å². The van der Waals surface area contributed by atoms with Gasteiger partial charge in [-0.25, -0.2) is 0 Å². The number of fused-ring (bicyclic) bond motifs is 1. The summed E-state index contributed by atoms with van der Waals surface area (Å²) in [7, 11) is 2.04. The smallest absolute Gasteiger partial charge is 0.0408 e. The Morgan fingerprint density at radius 2 is 2.20 bits per heavy atom. The van der Waals surface area contributed by atoms with Gasteiger partial charge >= 0.3 is 0 Å². The molecule has 0 heterocycles. The van der Waals surface area contributed by atoms with E-state index in [0.29, 0.717) is 6.04 Å². The van der Waals surface area contributed by atoms with Crippen LogP contribution in [0.2, 0.25) is 5.02 Å². The zero-order valence-corrected chi connectivity index (χ0v) is 10.1. The third kappa shape index (κ3) is 2.35. The maximum Gasteiger partial charge on any atom is 0.0408 e. The van der Waals surface area contributed by atoms with Crippen molar-refractivity contribution in [1.82, 2.24) is 5.32 Å². The highest BCUT2D eigenvalue weighted by Gasteiger charge is 2.22. The van der Waals surface area contributed by atoms with Crippen molar-refractivity contribution >= 4 is 11.6 Å². The summed E-state index contributed by atoms with van der Waals surface area (Å²) in [4.78, 5) is 0. The van der Waals surface area contributed by atoms with Crippen molar-refractivity contribution in [3.05, 3.63) is 34.3 Å². The molecule has 2 rings (SSSR count). The van der Waals surface area contributed by atoms with Gasteiger partial charge in [0, 0.05) is 11.1 Å². The molecule has 15 heavy (non-hydrogen) atoms. The van der Waals surface area contributed by atoms with Gasteiger partial charge in [0.2, 0.25) is 0 Å². The molecular weight excluding hydrogens is 206 g/mol. The highest BCUT2D eigenvalue weighted by atomic mass is 35.5. The molecule has 2 heteroatoms. The molecule has 0 saturated carbocycles. The van der Waals surface area contributed by atoms with Crippen LogP contribution < -0.4 is 5.32 Å². The second-order valence-corrected chi connectivity index (χ2v) is 4.93. The number of aryl methyl sites for hydroxylation is 1. The molecule has 0 saturated heterocycles. The monoisotopic (exact) mass is 223 g/mol. The fourth-order valence-corrected chi connectivity index (χ4v) is 2.61. The molecule has 1 aliphatic carbocycles. The normalized spacial score (nSPS) is 22.2.